The van der Waals surface area contributed by atoms with Crippen LogP contribution in [0.1, 0.15) is 22.7 Å². The molecule has 2 N–H and O–H groups in total. The van der Waals surface area contributed by atoms with Crippen LogP contribution in [-0.2, 0) is 6.54 Å². The second kappa shape index (κ2) is 7.20. The van der Waals surface area contributed by atoms with Crippen LogP contribution in [0.5, 0.6) is 0 Å². The highest BCUT2D eigenvalue weighted by atomic mass is 79.9. The number of halogens is 2. The molecule has 0 fully saturated rings. The van der Waals surface area contributed by atoms with E-state index in [9.17, 15) is 0 Å². The molecule has 19 heavy (non-hydrogen) atoms. The van der Waals surface area contributed by atoms with Crippen molar-refractivity contribution in [3.63, 3.8) is 0 Å². The molecule has 104 valence electrons. The van der Waals surface area contributed by atoms with Gasteiger partial charge >= 0.3 is 0 Å². The molecule has 2 nitrogen and oxygen atoms in total. The number of nitrogens with two attached hydrogens (primary N) is 1. The van der Waals surface area contributed by atoms with Gasteiger partial charge < -0.3 is 5.73 Å². The average Bonchev–Trinajstić information content (AvgIpc) is 3.00. The summed E-state index contributed by atoms with van der Waals surface area (Å²) in [7, 11) is 0. The highest BCUT2D eigenvalue weighted by Gasteiger charge is 2.21. The van der Waals surface area contributed by atoms with E-state index in [0.717, 1.165) is 21.9 Å². The topological polar surface area (TPSA) is 29.3 Å². The molecule has 0 saturated carbocycles. The first-order valence-corrected chi connectivity index (χ1v) is 8.93. The van der Waals surface area contributed by atoms with Gasteiger partial charge in [0.25, 0.3) is 0 Å². The quantitative estimate of drug-likeness (QED) is 0.785. The third-order valence-corrected chi connectivity index (χ3v) is 6.44. The van der Waals surface area contributed by atoms with Gasteiger partial charge in [0.2, 0.25) is 0 Å². The van der Waals surface area contributed by atoms with Gasteiger partial charge in [-0.3, -0.25) is 4.90 Å². The first-order valence-electron chi connectivity index (χ1n) is 6.07. The van der Waals surface area contributed by atoms with E-state index in [-0.39, 0.29) is 6.04 Å². The van der Waals surface area contributed by atoms with E-state index < -0.39 is 0 Å². The molecule has 6 heteroatoms. The van der Waals surface area contributed by atoms with E-state index in [4.69, 9.17) is 17.3 Å². The van der Waals surface area contributed by atoms with Crippen LogP contribution in [-0.4, -0.2) is 18.0 Å². The summed E-state index contributed by atoms with van der Waals surface area (Å²) in [6.07, 6.45) is 0. The second-order valence-corrected chi connectivity index (χ2v) is 7.74. The lowest BCUT2D eigenvalue weighted by atomic mass is 10.2. The maximum Gasteiger partial charge on any atom is 0.107 e. The van der Waals surface area contributed by atoms with Gasteiger partial charge in [-0.15, -0.1) is 22.7 Å². The highest BCUT2D eigenvalue weighted by molar-refractivity contribution is 9.10. The Balaban J connectivity index is 2.18. The molecule has 1 unspecified atom stereocenters. The Morgan fingerprint density at radius 1 is 1.53 bits per heavy atom. The van der Waals surface area contributed by atoms with Gasteiger partial charge in [0.15, 0.2) is 0 Å². The summed E-state index contributed by atoms with van der Waals surface area (Å²) in [5.74, 6) is 0. The Morgan fingerprint density at radius 2 is 2.32 bits per heavy atom. The largest absolute Gasteiger partial charge is 0.329 e. The Morgan fingerprint density at radius 3 is 2.79 bits per heavy atom. The van der Waals surface area contributed by atoms with E-state index in [1.54, 1.807) is 22.7 Å². The van der Waals surface area contributed by atoms with Crippen molar-refractivity contribution in [2.24, 2.45) is 5.73 Å². The van der Waals surface area contributed by atoms with Gasteiger partial charge in [0, 0.05) is 27.3 Å². The van der Waals surface area contributed by atoms with Crippen LogP contribution in [0.4, 0.5) is 0 Å². The lowest BCUT2D eigenvalue weighted by molar-refractivity contribution is 0.208. The van der Waals surface area contributed by atoms with Crippen LogP contribution in [0.2, 0.25) is 4.34 Å². The summed E-state index contributed by atoms with van der Waals surface area (Å²) >= 11 is 13.0. The molecule has 1 atom stereocenters. The second-order valence-electron chi connectivity index (χ2n) is 4.16. The van der Waals surface area contributed by atoms with Crippen molar-refractivity contribution in [2.75, 3.05) is 13.1 Å². The molecular formula is C13H16BrClN2S2. The van der Waals surface area contributed by atoms with Crippen molar-refractivity contribution >= 4 is 50.2 Å². The van der Waals surface area contributed by atoms with Crippen LogP contribution in [0.15, 0.2) is 28.1 Å². The van der Waals surface area contributed by atoms with Crippen molar-refractivity contribution in [3.8, 4) is 0 Å². The molecular weight excluding hydrogens is 364 g/mol. The summed E-state index contributed by atoms with van der Waals surface area (Å²) < 4.78 is 1.75. The summed E-state index contributed by atoms with van der Waals surface area (Å²) in [6, 6.07) is 6.56. The summed E-state index contributed by atoms with van der Waals surface area (Å²) in [4.78, 5) is 4.97. The molecule has 0 radical (unpaired) electrons. The van der Waals surface area contributed by atoms with Gasteiger partial charge in [-0.05, 0) is 40.0 Å². The lowest BCUT2D eigenvalue weighted by Gasteiger charge is -2.28. The molecule has 2 rings (SSSR count). The lowest BCUT2D eigenvalue weighted by Crippen LogP contribution is -2.32. The number of hydrogen-bond acceptors (Lipinski definition) is 4. The summed E-state index contributed by atoms with van der Waals surface area (Å²) in [5.41, 5.74) is 5.98. The van der Waals surface area contributed by atoms with E-state index in [2.05, 4.69) is 51.3 Å². The van der Waals surface area contributed by atoms with Crippen LogP contribution < -0.4 is 5.73 Å². The maximum absolute atomic E-state index is 6.14. The van der Waals surface area contributed by atoms with Gasteiger partial charge in [0.1, 0.15) is 4.34 Å². The SMILES string of the molecule is CCN(Cc1cccs1)C(CN)c1cc(Br)c(Cl)s1. The van der Waals surface area contributed by atoms with Gasteiger partial charge in [-0.1, -0.05) is 24.6 Å². The molecule has 2 heterocycles. The number of nitrogens with zero attached hydrogens (tertiary/aromatic N) is 1. The Bertz CT molecular complexity index is 493. The standard InChI is InChI=1S/C13H16BrClN2S2/c1-2-17(8-9-4-3-5-18-9)11(7-16)12-6-10(14)13(15)19-12/h3-6,11H,2,7-8,16H2,1H3. The predicted molar refractivity (Wildman–Crippen MR) is 89.2 cm³/mol. The third kappa shape index (κ3) is 3.80. The Kier molecular flexibility index (Phi) is 5.87. The molecule has 0 spiro atoms. The fourth-order valence-corrected chi connectivity index (χ4v) is 4.63. The van der Waals surface area contributed by atoms with E-state index in [0.29, 0.717) is 6.54 Å². The minimum absolute atomic E-state index is 0.223. The maximum atomic E-state index is 6.14. The van der Waals surface area contributed by atoms with E-state index in [1.807, 2.05) is 0 Å². The molecule has 2 aromatic rings. The molecule has 0 amide bonds. The first-order chi connectivity index (χ1) is 9.15. The van der Waals surface area contributed by atoms with E-state index in [1.165, 1.54) is 9.75 Å². The van der Waals surface area contributed by atoms with Crippen molar-refractivity contribution < 1.29 is 0 Å². The Hall–Kier alpha value is 0.0900. The van der Waals surface area contributed by atoms with Crippen molar-refractivity contribution in [1.82, 2.24) is 4.90 Å². The van der Waals surface area contributed by atoms with Gasteiger partial charge in [-0.25, -0.2) is 0 Å². The average molecular weight is 380 g/mol. The minimum Gasteiger partial charge on any atom is -0.329 e. The van der Waals surface area contributed by atoms with Crippen LogP contribution >= 0.6 is 50.2 Å². The predicted octanol–water partition coefficient (Wildman–Crippen LogP) is 4.75. The monoisotopic (exact) mass is 378 g/mol. The zero-order chi connectivity index (χ0) is 13.8. The molecule has 0 aliphatic carbocycles. The molecule has 0 aliphatic heterocycles. The smallest absolute Gasteiger partial charge is 0.107 e. The number of likely N-dealkylation sites (N-methyl/N-ethyl adjacent to an activating group) is 1. The fraction of sp³-hybridized carbons (Fsp3) is 0.385. The van der Waals surface area contributed by atoms with Crippen LogP contribution in [0, 0.1) is 0 Å². The van der Waals surface area contributed by atoms with Crippen molar-refractivity contribution in [2.45, 2.75) is 19.5 Å². The fourth-order valence-electron chi connectivity index (χ4n) is 2.02. The van der Waals surface area contributed by atoms with Crippen LogP contribution in [0.3, 0.4) is 0 Å². The van der Waals surface area contributed by atoms with Crippen molar-refractivity contribution in [3.05, 3.63) is 42.1 Å². The zero-order valence-corrected chi connectivity index (χ0v) is 14.6. The molecule has 0 bridgehead atoms. The summed E-state index contributed by atoms with van der Waals surface area (Å²) in [5, 5.41) is 2.11. The van der Waals surface area contributed by atoms with Gasteiger partial charge in [-0.2, -0.15) is 0 Å². The van der Waals surface area contributed by atoms with Crippen molar-refractivity contribution in [1.29, 1.82) is 0 Å². The Labute approximate surface area is 135 Å². The molecule has 0 saturated heterocycles. The normalized spacial score (nSPS) is 13.1. The molecule has 0 aromatic carbocycles. The van der Waals surface area contributed by atoms with Crippen LogP contribution in [0.25, 0.3) is 0 Å². The highest BCUT2D eigenvalue weighted by Crippen LogP contribution is 2.37. The number of hydrogen-bond donors (Lipinski definition) is 1. The third-order valence-electron chi connectivity index (χ3n) is 3.00. The molecule has 0 aliphatic rings. The first kappa shape index (κ1) is 15.5. The summed E-state index contributed by atoms with van der Waals surface area (Å²) in [6.45, 7) is 4.67. The number of rotatable bonds is 6. The van der Waals surface area contributed by atoms with E-state index >= 15 is 0 Å². The van der Waals surface area contributed by atoms with Gasteiger partial charge in [0.05, 0.1) is 6.04 Å². The minimum atomic E-state index is 0.223. The zero-order valence-electron chi connectivity index (χ0n) is 10.6. The number of thiophene rings is 2. The molecule has 2 aromatic heterocycles.